The number of benzene rings is 2. The maximum atomic E-state index is 13.1. The second kappa shape index (κ2) is 12.6. The number of halogens is 1. The number of thioether (sulfide) groups is 1. The fourth-order valence-electron chi connectivity index (χ4n) is 3.00. The van der Waals surface area contributed by atoms with Gasteiger partial charge in [-0.15, -0.1) is 11.8 Å². The number of nitrogens with one attached hydrogen (secondary N) is 1. The second-order valence-corrected chi connectivity index (χ2v) is 9.22. The Labute approximate surface area is 194 Å². The first-order chi connectivity index (χ1) is 14.8. The number of ether oxygens (including phenoxy) is 1. The molecule has 0 heterocycles. The number of carbonyl (C=O) groups is 2. The minimum Gasteiger partial charge on any atom is -0.497 e. The summed E-state index contributed by atoms with van der Waals surface area (Å²) in [5, 5.41) is 3.62. The summed E-state index contributed by atoms with van der Waals surface area (Å²) in [5.74, 6) is 1.40. The van der Waals surface area contributed by atoms with Crippen LogP contribution < -0.4 is 10.1 Å². The molecule has 5 nitrogen and oxygen atoms in total. The molecule has 0 aliphatic carbocycles. The van der Waals surface area contributed by atoms with Gasteiger partial charge >= 0.3 is 0 Å². The van der Waals surface area contributed by atoms with Crippen LogP contribution in [0.2, 0.25) is 5.02 Å². The fraction of sp³-hybridized carbons (Fsp3) is 0.417. The molecule has 2 aromatic carbocycles. The highest BCUT2D eigenvalue weighted by Crippen LogP contribution is 2.22. The molecule has 1 N–H and O–H groups in total. The summed E-state index contributed by atoms with van der Waals surface area (Å²) in [7, 11) is 1.62. The Kier molecular flexibility index (Phi) is 10.2. The molecular formula is C24H31ClN2O3S. The van der Waals surface area contributed by atoms with E-state index in [1.807, 2.05) is 62.4 Å². The van der Waals surface area contributed by atoms with E-state index in [4.69, 9.17) is 16.3 Å². The molecule has 0 unspecified atom stereocenters. The molecule has 0 aliphatic rings. The highest BCUT2D eigenvalue weighted by atomic mass is 35.5. The summed E-state index contributed by atoms with van der Waals surface area (Å²) in [6.07, 6.45) is 1.11. The summed E-state index contributed by atoms with van der Waals surface area (Å²) < 4.78 is 5.21. The summed E-state index contributed by atoms with van der Waals surface area (Å²) >= 11 is 7.61. The predicted molar refractivity (Wildman–Crippen MR) is 128 cm³/mol. The molecule has 2 rings (SSSR count). The van der Waals surface area contributed by atoms with Gasteiger partial charge in [0.25, 0.3) is 0 Å². The van der Waals surface area contributed by atoms with E-state index in [9.17, 15) is 9.59 Å². The number of hydrogen-bond donors (Lipinski definition) is 1. The maximum Gasteiger partial charge on any atom is 0.242 e. The highest BCUT2D eigenvalue weighted by molar-refractivity contribution is 7.99. The molecule has 0 bridgehead atoms. The molecule has 0 fully saturated rings. The zero-order valence-corrected chi connectivity index (χ0v) is 20.1. The molecule has 2 aromatic rings. The van der Waals surface area contributed by atoms with Gasteiger partial charge in [-0.3, -0.25) is 9.59 Å². The molecule has 31 heavy (non-hydrogen) atoms. The summed E-state index contributed by atoms with van der Waals surface area (Å²) in [4.78, 5) is 28.4. The average Bonchev–Trinajstić information content (AvgIpc) is 2.75. The maximum absolute atomic E-state index is 13.1. The SMILES string of the molecule is COc1ccc(CN(C(=O)CCCSc2ccc(Cl)cc2)[C@@H](C)C(=O)NC(C)C)cc1. The number of carbonyl (C=O) groups excluding carboxylic acids is 2. The minimum atomic E-state index is -0.555. The summed E-state index contributed by atoms with van der Waals surface area (Å²) in [6, 6.07) is 14.7. The number of amides is 2. The Bertz CT molecular complexity index is 841. The van der Waals surface area contributed by atoms with Gasteiger partial charge in [-0.1, -0.05) is 23.7 Å². The van der Waals surface area contributed by atoms with Crippen LogP contribution in [0.25, 0.3) is 0 Å². The topological polar surface area (TPSA) is 58.6 Å². The van der Waals surface area contributed by atoms with Gasteiger partial charge in [-0.25, -0.2) is 0 Å². The van der Waals surface area contributed by atoms with Gasteiger partial charge in [-0.05, 0) is 74.9 Å². The minimum absolute atomic E-state index is 0.0173. The largest absolute Gasteiger partial charge is 0.497 e. The second-order valence-electron chi connectivity index (χ2n) is 7.61. The Morgan fingerprint density at radius 1 is 1.06 bits per heavy atom. The third kappa shape index (κ3) is 8.46. The van der Waals surface area contributed by atoms with E-state index in [1.54, 1.807) is 30.7 Å². The molecule has 1 atom stereocenters. The van der Waals surface area contributed by atoms with Crippen molar-refractivity contribution in [1.29, 1.82) is 0 Å². The van der Waals surface area contributed by atoms with Crippen molar-refractivity contribution in [3.8, 4) is 5.75 Å². The number of methoxy groups -OCH3 is 1. The third-order valence-corrected chi connectivity index (χ3v) is 6.08. The molecule has 0 aliphatic heterocycles. The van der Waals surface area contributed by atoms with Crippen LogP contribution in [0, 0.1) is 0 Å². The van der Waals surface area contributed by atoms with E-state index in [0.29, 0.717) is 18.0 Å². The van der Waals surface area contributed by atoms with Crippen molar-refractivity contribution in [2.75, 3.05) is 12.9 Å². The average molecular weight is 463 g/mol. The van der Waals surface area contributed by atoms with Crippen molar-refractivity contribution in [3.63, 3.8) is 0 Å². The lowest BCUT2D eigenvalue weighted by atomic mass is 10.1. The fourth-order valence-corrected chi connectivity index (χ4v) is 3.98. The van der Waals surface area contributed by atoms with Crippen LogP contribution in [0.5, 0.6) is 5.75 Å². The van der Waals surface area contributed by atoms with E-state index in [2.05, 4.69) is 5.32 Å². The van der Waals surface area contributed by atoms with Gasteiger partial charge in [0.05, 0.1) is 7.11 Å². The van der Waals surface area contributed by atoms with Gasteiger partial charge in [0, 0.05) is 28.9 Å². The lowest BCUT2D eigenvalue weighted by Gasteiger charge is -2.29. The summed E-state index contributed by atoms with van der Waals surface area (Å²) in [5.41, 5.74) is 0.953. The van der Waals surface area contributed by atoms with Crippen LogP contribution in [0.3, 0.4) is 0 Å². The van der Waals surface area contributed by atoms with Gasteiger partial charge < -0.3 is 15.0 Å². The van der Waals surface area contributed by atoms with Crippen molar-refractivity contribution in [1.82, 2.24) is 10.2 Å². The molecule has 0 aromatic heterocycles. The summed E-state index contributed by atoms with van der Waals surface area (Å²) in [6.45, 7) is 5.98. The van der Waals surface area contributed by atoms with Gasteiger partial charge in [-0.2, -0.15) is 0 Å². The van der Waals surface area contributed by atoms with Crippen LogP contribution in [0.4, 0.5) is 0 Å². The van der Waals surface area contributed by atoms with Crippen LogP contribution in [0.15, 0.2) is 53.4 Å². The van der Waals surface area contributed by atoms with Gasteiger partial charge in [0.15, 0.2) is 0 Å². The normalized spacial score (nSPS) is 11.8. The zero-order valence-electron chi connectivity index (χ0n) is 18.6. The first-order valence-electron chi connectivity index (χ1n) is 10.4. The van der Waals surface area contributed by atoms with E-state index in [0.717, 1.165) is 28.4 Å². The number of nitrogens with zero attached hydrogens (tertiary/aromatic N) is 1. The van der Waals surface area contributed by atoms with Gasteiger partial charge in [0.1, 0.15) is 11.8 Å². The first-order valence-corrected chi connectivity index (χ1v) is 11.8. The number of hydrogen-bond acceptors (Lipinski definition) is 4. The number of rotatable bonds is 11. The first kappa shape index (κ1) is 25.1. The Hall–Kier alpha value is -2.18. The van der Waals surface area contributed by atoms with Crippen molar-refractivity contribution in [3.05, 3.63) is 59.1 Å². The smallest absolute Gasteiger partial charge is 0.242 e. The lowest BCUT2D eigenvalue weighted by molar-refractivity contribution is -0.140. The molecule has 0 saturated carbocycles. The van der Waals surface area contributed by atoms with E-state index >= 15 is 0 Å². The van der Waals surface area contributed by atoms with Crippen molar-refractivity contribution in [2.45, 2.75) is 57.1 Å². The van der Waals surface area contributed by atoms with E-state index in [1.165, 1.54) is 0 Å². The predicted octanol–water partition coefficient (Wildman–Crippen LogP) is 5.16. The molecule has 0 radical (unpaired) electrons. The zero-order chi connectivity index (χ0) is 22.8. The molecule has 168 valence electrons. The molecule has 7 heteroatoms. The molecule has 2 amide bonds. The van der Waals surface area contributed by atoms with Crippen LogP contribution in [-0.2, 0) is 16.1 Å². The van der Waals surface area contributed by atoms with Crippen molar-refractivity contribution < 1.29 is 14.3 Å². The van der Waals surface area contributed by atoms with E-state index in [-0.39, 0.29) is 17.9 Å². The lowest BCUT2D eigenvalue weighted by Crippen LogP contribution is -2.49. The quantitative estimate of drug-likeness (QED) is 0.370. The molecular weight excluding hydrogens is 432 g/mol. The molecule has 0 saturated heterocycles. The van der Waals surface area contributed by atoms with Crippen molar-refractivity contribution in [2.24, 2.45) is 0 Å². The van der Waals surface area contributed by atoms with Crippen LogP contribution >= 0.6 is 23.4 Å². The van der Waals surface area contributed by atoms with Crippen molar-refractivity contribution >= 4 is 35.2 Å². The van der Waals surface area contributed by atoms with Gasteiger partial charge in [0.2, 0.25) is 11.8 Å². The Morgan fingerprint density at radius 2 is 1.71 bits per heavy atom. The van der Waals surface area contributed by atoms with Crippen LogP contribution in [0.1, 0.15) is 39.2 Å². The molecule has 0 spiro atoms. The van der Waals surface area contributed by atoms with E-state index < -0.39 is 6.04 Å². The third-order valence-electron chi connectivity index (χ3n) is 4.73. The Morgan fingerprint density at radius 3 is 2.29 bits per heavy atom. The van der Waals surface area contributed by atoms with Crippen LogP contribution in [-0.4, -0.2) is 41.7 Å². The Balaban J connectivity index is 2.00. The monoisotopic (exact) mass is 462 g/mol. The standard InChI is InChI=1S/C24H31ClN2O3S/c1-17(2)26-24(29)18(3)27(16-19-7-11-21(30-4)12-8-19)23(28)6-5-15-31-22-13-9-20(25)10-14-22/h7-14,17-18H,5-6,15-16H2,1-4H3,(H,26,29)/t18-/m0/s1. The highest BCUT2D eigenvalue weighted by Gasteiger charge is 2.26.